The lowest BCUT2D eigenvalue weighted by atomic mass is 10.0. The lowest BCUT2D eigenvalue weighted by molar-refractivity contribution is 0.302. The summed E-state index contributed by atoms with van der Waals surface area (Å²) in [5, 5.41) is 0. The summed E-state index contributed by atoms with van der Waals surface area (Å²) in [6.07, 6.45) is 0. The molecule has 0 radical (unpaired) electrons. The molecule has 0 atom stereocenters. The molecule has 0 amide bonds. The van der Waals surface area contributed by atoms with Gasteiger partial charge >= 0.3 is 0 Å². The van der Waals surface area contributed by atoms with Crippen LogP contribution in [0.15, 0.2) is 40.9 Å². The fourth-order valence-electron chi connectivity index (χ4n) is 2.02. The highest BCUT2D eigenvalue weighted by Gasteiger charge is 2.07. The van der Waals surface area contributed by atoms with E-state index in [2.05, 4.69) is 48.0 Å². The molecule has 0 N–H and O–H groups in total. The monoisotopic (exact) mass is 338 g/mol. The minimum atomic E-state index is 0.446. The van der Waals surface area contributed by atoms with Crippen LogP contribution in [0.3, 0.4) is 0 Å². The Balaban J connectivity index is 2.19. The zero-order valence-corrected chi connectivity index (χ0v) is 13.4. The molecule has 0 aliphatic carbocycles. The topological polar surface area (TPSA) is 9.23 Å². The summed E-state index contributed by atoms with van der Waals surface area (Å²) < 4.78 is 6.94. The van der Waals surface area contributed by atoms with Crippen molar-refractivity contribution in [2.75, 3.05) is 0 Å². The summed E-state index contributed by atoms with van der Waals surface area (Å²) in [6.45, 7) is 4.79. The second kappa shape index (κ2) is 6.44. The van der Waals surface area contributed by atoms with Crippen molar-refractivity contribution in [2.24, 2.45) is 0 Å². The Hall–Kier alpha value is -0.990. The number of halogens is 2. The summed E-state index contributed by atoms with van der Waals surface area (Å²) in [4.78, 5) is 0. The molecule has 0 saturated heterocycles. The molecule has 100 valence electrons. The van der Waals surface area contributed by atoms with Crippen molar-refractivity contribution in [1.29, 1.82) is 0 Å². The standard InChI is InChI=1S/C16H16BrClO/c1-11-4-3-5-12(2)15(11)10-19-16-7-6-14(17)8-13(16)9-18/h3-8H,9-10H2,1-2H3. The van der Waals surface area contributed by atoms with Gasteiger partial charge in [0.05, 0.1) is 5.88 Å². The zero-order chi connectivity index (χ0) is 13.8. The molecule has 0 heterocycles. The summed E-state index contributed by atoms with van der Waals surface area (Å²) >= 11 is 9.39. The molecule has 0 aliphatic heterocycles. The Bertz CT molecular complexity index is 561. The molecule has 1 nitrogen and oxygen atoms in total. The highest BCUT2D eigenvalue weighted by Crippen LogP contribution is 2.26. The van der Waals surface area contributed by atoms with Gasteiger partial charge in [-0.3, -0.25) is 0 Å². The van der Waals surface area contributed by atoms with Gasteiger partial charge in [-0.1, -0.05) is 34.1 Å². The molecular formula is C16H16BrClO. The maximum Gasteiger partial charge on any atom is 0.124 e. The van der Waals surface area contributed by atoms with Gasteiger partial charge in [-0.25, -0.2) is 0 Å². The minimum Gasteiger partial charge on any atom is -0.489 e. The molecule has 0 aromatic heterocycles. The van der Waals surface area contributed by atoms with Crippen LogP contribution < -0.4 is 4.74 Å². The molecule has 0 aliphatic rings. The summed E-state index contributed by atoms with van der Waals surface area (Å²) in [7, 11) is 0. The van der Waals surface area contributed by atoms with Crippen molar-refractivity contribution >= 4 is 27.5 Å². The van der Waals surface area contributed by atoms with Crippen LogP contribution in [0.5, 0.6) is 5.75 Å². The molecule has 2 aromatic carbocycles. The van der Waals surface area contributed by atoms with E-state index in [1.807, 2.05) is 18.2 Å². The van der Waals surface area contributed by atoms with E-state index < -0.39 is 0 Å². The predicted octanol–water partition coefficient (Wildman–Crippen LogP) is 5.38. The number of rotatable bonds is 4. The second-order valence-electron chi connectivity index (χ2n) is 4.54. The molecule has 0 unspecified atom stereocenters. The Labute approximate surface area is 127 Å². The van der Waals surface area contributed by atoms with Gasteiger partial charge < -0.3 is 4.74 Å². The maximum atomic E-state index is 5.95. The molecule has 2 aromatic rings. The Morgan fingerprint density at radius 1 is 1.11 bits per heavy atom. The van der Waals surface area contributed by atoms with Gasteiger partial charge in [0, 0.05) is 10.0 Å². The molecule has 0 fully saturated rings. The van der Waals surface area contributed by atoms with Crippen LogP contribution in [-0.4, -0.2) is 0 Å². The van der Waals surface area contributed by atoms with Gasteiger partial charge in [0.2, 0.25) is 0 Å². The van der Waals surface area contributed by atoms with E-state index in [4.69, 9.17) is 16.3 Å². The zero-order valence-electron chi connectivity index (χ0n) is 11.0. The van der Waals surface area contributed by atoms with Gasteiger partial charge in [0.25, 0.3) is 0 Å². The highest BCUT2D eigenvalue weighted by molar-refractivity contribution is 9.10. The van der Waals surface area contributed by atoms with Crippen molar-refractivity contribution in [3.63, 3.8) is 0 Å². The lowest BCUT2D eigenvalue weighted by Crippen LogP contribution is -2.02. The number of ether oxygens (including phenoxy) is 1. The Morgan fingerprint density at radius 3 is 2.42 bits per heavy atom. The van der Waals surface area contributed by atoms with Gasteiger partial charge in [0.1, 0.15) is 12.4 Å². The normalized spacial score (nSPS) is 10.5. The van der Waals surface area contributed by atoms with Crippen LogP contribution >= 0.6 is 27.5 Å². The average molecular weight is 340 g/mol. The first-order valence-corrected chi connectivity index (χ1v) is 7.47. The number of hydrogen-bond donors (Lipinski definition) is 0. The van der Waals surface area contributed by atoms with Crippen molar-refractivity contribution in [1.82, 2.24) is 0 Å². The molecule has 0 saturated carbocycles. The molecule has 19 heavy (non-hydrogen) atoms. The fourth-order valence-corrected chi connectivity index (χ4v) is 2.64. The fraction of sp³-hybridized carbons (Fsp3) is 0.250. The first-order chi connectivity index (χ1) is 9.11. The third-order valence-electron chi connectivity index (χ3n) is 3.18. The first kappa shape index (κ1) is 14.4. The van der Waals surface area contributed by atoms with Crippen molar-refractivity contribution in [3.8, 4) is 5.75 Å². The largest absolute Gasteiger partial charge is 0.489 e. The number of benzene rings is 2. The van der Waals surface area contributed by atoms with E-state index in [1.165, 1.54) is 16.7 Å². The SMILES string of the molecule is Cc1cccc(C)c1COc1ccc(Br)cc1CCl. The smallest absolute Gasteiger partial charge is 0.124 e. The predicted molar refractivity (Wildman–Crippen MR) is 83.9 cm³/mol. The molecular weight excluding hydrogens is 324 g/mol. The van der Waals surface area contributed by atoms with Gasteiger partial charge in [0.15, 0.2) is 0 Å². The molecule has 2 rings (SSSR count). The lowest BCUT2D eigenvalue weighted by Gasteiger charge is -2.13. The van der Waals surface area contributed by atoms with Crippen LogP contribution in [0, 0.1) is 13.8 Å². The molecule has 0 bridgehead atoms. The van der Waals surface area contributed by atoms with Crippen molar-refractivity contribution < 1.29 is 4.74 Å². The quantitative estimate of drug-likeness (QED) is 0.679. The van der Waals surface area contributed by atoms with Crippen LogP contribution in [0.1, 0.15) is 22.3 Å². The summed E-state index contributed by atoms with van der Waals surface area (Å²) in [5.74, 6) is 1.29. The second-order valence-corrected chi connectivity index (χ2v) is 5.73. The van der Waals surface area contributed by atoms with Crippen LogP contribution in [-0.2, 0) is 12.5 Å². The van der Waals surface area contributed by atoms with Crippen LogP contribution in [0.2, 0.25) is 0 Å². The van der Waals surface area contributed by atoms with E-state index in [0.29, 0.717) is 12.5 Å². The van der Waals surface area contributed by atoms with E-state index in [1.54, 1.807) is 0 Å². The van der Waals surface area contributed by atoms with Crippen molar-refractivity contribution in [3.05, 3.63) is 63.1 Å². The number of aryl methyl sites for hydroxylation is 2. The van der Waals surface area contributed by atoms with E-state index in [-0.39, 0.29) is 0 Å². The molecule has 3 heteroatoms. The number of alkyl halides is 1. The van der Waals surface area contributed by atoms with Gasteiger partial charge in [-0.15, -0.1) is 11.6 Å². The third kappa shape index (κ3) is 3.52. The minimum absolute atomic E-state index is 0.446. The highest BCUT2D eigenvalue weighted by atomic mass is 79.9. The van der Waals surface area contributed by atoms with Gasteiger partial charge in [-0.05, 0) is 48.7 Å². The van der Waals surface area contributed by atoms with Crippen molar-refractivity contribution in [2.45, 2.75) is 26.3 Å². The van der Waals surface area contributed by atoms with E-state index >= 15 is 0 Å². The molecule has 0 spiro atoms. The Kier molecular flexibility index (Phi) is 4.89. The Morgan fingerprint density at radius 2 is 1.79 bits per heavy atom. The van der Waals surface area contributed by atoms with Crippen LogP contribution in [0.25, 0.3) is 0 Å². The average Bonchev–Trinajstić information content (AvgIpc) is 2.39. The maximum absolute atomic E-state index is 5.95. The third-order valence-corrected chi connectivity index (χ3v) is 3.96. The number of hydrogen-bond acceptors (Lipinski definition) is 1. The summed E-state index contributed by atoms with van der Waals surface area (Å²) in [6, 6.07) is 12.2. The summed E-state index contributed by atoms with van der Waals surface area (Å²) in [5.41, 5.74) is 4.75. The van der Waals surface area contributed by atoms with E-state index in [0.717, 1.165) is 15.8 Å². The van der Waals surface area contributed by atoms with Crippen LogP contribution in [0.4, 0.5) is 0 Å². The first-order valence-electron chi connectivity index (χ1n) is 6.14. The van der Waals surface area contributed by atoms with E-state index in [9.17, 15) is 0 Å². The van der Waals surface area contributed by atoms with Gasteiger partial charge in [-0.2, -0.15) is 0 Å².